The number of hydrogen-bond acceptors (Lipinski definition) is 5. The molecule has 0 radical (unpaired) electrons. The molecule has 1 aromatic carbocycles. The molecule has 0 atom stereocenters. The molecule has 6 nitrogen and oxygen atoms in total. The predicted molar refractivity (Wildman–Crippen MR) is 78.4 cm³/mol. The molecule has 0 aromatic heterocycles. The molecular weight excluding hydrogens is 260 g/mol. The van der Waals surface area contributed by atoms with Crippen LogP contribution in [0.2, 0.25) is 0 Å². The van der Waals surface area contributed by atoms with Crippen molar-refractivity contribution >= 4 is 11.4 Å². The second-order valence-corrected chi connectivity index (χ2v) is 4.99. The zero-order valence-electron chi connectivity index (χ0n) is 12.4. The van der Waals surface area contributed by atoms with Crippen molar-refractivity contribution < 1.29 is 14.4 Å². The van der Waals surface area contributed by atoms with E-state index in [0.717, 1.165) is 0 Å². The molecule has 0 aliphatic rings. The largest absolute Gasteiger partial charge is 0.491 e. The van der Waals surface area contributed by atoms with E-state index in [1.807, 2.05) is 27.7 Å². The van der Waals surface area contributed by atoms with Gasteiger partial charge in [-0.3, -0.25) is 10.1 Å². The minimum absolute atomic E-state index is 0.00966. The number of rotatable bonds is 8. The van der Waals surface area contributed by atoms with Gasteiger partial charge >= 0.3 is 0 Å². The van der Waals surface area contributed by atoms with Crippen molar-refractivity contribution in [1.82, 2.24) is 0 Å². The van der Waals surface area contributed by atoms with E-state index in [1.165, 1.54) is 12.1 Å². The van der Waals surface area contributed by atoms with Gasteiger partial charge in [0, 0.05) is 24.4 Å². The summed E-state index contributed by atoms with van der Waals surface area (Å²) in [5.74, 6) is 0.487. The maximum Gasteiger partial charge on any atom is 0.275 e. The zero-order valence-corrected chi connectivity index (χ0v) is 12.4. The third kappa shape index (κ3) is 5.88. The first-order chi connectivity index (χ1) is 9.38. The average Bonchev–Trinajstić information content (AvgIpc) is 2.33. The molecule has 112 valence electrons. The molecule has 0 fully saturated rings. The Hall–Kier alpha value is -1.82. The summed E-state index contributed by atoms with van der Waals surface area (Å²) in [5, 5.41) is 14.0. The second-order valence-electron chi connectivity index (χ2n) is 4.99. The number of ether oxygens (including phenoxy) is 2. The molecule has 0 heterocycles. The molecule has 1 aromatic rings. The summed E-state index contributed by atoms with van der Waals surface area (Å²) in [6, 6.07) is 4.67. The third-order valence-corrected chi connectivity index (χ3v) is 2.36. The summed E-state index contributed by atoms with van der Waals surface area (Å²) in [4.78, 5) is 10.5. The van der Waals surface area contributed by atoms with Crippen LogP contribution < -0.4 is 10.1 Å². The van der Waals surface area contributed by atoms with Gasteiger partial charge in [-0.25, -0.2) is 0 Å². The van der Waals surface area contributed by atoms with Crippen LogP contribution >= 0.6 is 0 Å². The molecular formula is C14H22N2O4. The first kappa shape index (κ1) is 16.2. The topological polar surface area (TPSA) is 73.6 Å². The van der Waals surface area contributed by atoms with Gasteiger partial charge in [-0.15, -0.1) is 0 Å². The first-order valence-corrected chi connectivity index (χ1v) is 6.70. The fourth-order valence-corrected chi connectivity index (χ4v) is 1.62. The molecule has 6 heteroatoms. The van der Waals surface area contributed by atoms with Crippen LogP contribution in [0, 0.1) is 10.1 Å². The Kier molecular flexibility index (Phi) is 6.24. The van der Waals surface area contributed by atoms with Crippen LogP contribution in [-0.4, -0.2) is 30.3 Å². The van der Waals surface area contributed by atoms with Crippen molar-refractivity contribution in [2.45, 2.75) is 39.9 Å². The molecule has 0 amide bonds. The standard InChI is InChI=1S/C14H22N2O4/c1-10(2)19-6-5-15-12-7-13(16(17)18)9-14(8-12)20-11(3)4/h7-11,15H,5-6H2,1-4H3. The zero-order chi connectivity index (χ0) is 15.1. The molecule has 0 aliphatic carbocycles. The van der Waals surface area contributed by atoms with Gasteiger partial charge in [-0.05, 0) is 27.7 Å². The summed E-state index contributed by atoms with van der Waals surface area (Å²) < 4.78 is 10.9. The van der Waals surface area contributed by atoms with Crippen molar-refractivity contribution in [2.24, 2.45) is 0 Å². The number of benzene rings is 1. The fourth-order valence-electron chi connectivity index (χ4n) is 1.62. The van der Waals surface area contributed by atoms with Crippen molar-refractivity contribution in [2.75, 3.05) is 18.5 Å². The van der Waals surface area contributed by atoms with Crippen molar-refractivity contribution in [3.63, 3.8) is 0 Å². The lowest BCUT2D eigenvalue weighted by Gasteiger charge is -2.13. The van der Waals surface area contributed by atoms with E-state index in [-0.39, 0.29) is 17.9 Å². The molecule has 0 spiro atoms. The molecule has 0 aliphatic heterocycles. The lowest BCUT2D eigenvalue weighted by molar-refractivity contribution is -0.384. The Morgan fingerprint density at radius 2 is 1.90 bits per heavy atom. The summed E-state index contributed by atoms with van der Waals surface area (Å²) >= 11 is 0. The maximum atomic E-state index is 10.9. The minimum atomic E-state index is -0.428. The van der Waals surface area contributed by atoms with Crippen LogP contribution in [-0.2, 0) is 4.74 Å². The van der Waals surface area contributed by atoms with E-state index in [2.05, 4.69) is 5.32 Å². The van der Waals surface area contributed by atoms with E-state index in [0.29, 0.717) is 24.6 Å². The predicted octanol–water partition coefficient (Wildman–Crippen LogP) is 3.22. The van der Waals surface area contributed by atoms with Gasteiger partial charge in [0.25, 0.3) is 5.69 Å². The van der Waals surface area contributed by atoms with Gasteiger partial charge in [0.2, 0.25) is 0 Å². The molecule has 0 saturated carbocycles. The van der Waals surface area contributed by atoms with Gasteiger partial charge in [-0.2, -0.15) is 0 Å². The Balaban J connectivity index is 2.73. The van der Waals surface area contributed by atoms with Gasteiger partial charge in [0.1, 0.15) is 5.75 Å². The summed E-state index contributed by atoms with van der Waals surface area (Å²) in [6.45, 7) is 8.80. The number of hydrogen-bond donors (Lipinski definition) is 1. The van der Waals surface area contributed by atoms with Crippen LogP contribution in [0.3, 0.4) is 0 Å². The van der Waals surface area contributed by atoms with E-state index < -0.39 is 4.92 Å². The highest BCUT2D eigenvalue weighted by molar-refractivity contribution is 5.56. The Bertz CT molecular complexity index is 447. The Morgan fingerprint density at radius 1 is 1.20 bits per heavy atom. The number of nitrogens with zero attached hydrogens (tertiary/aromatic N) is 1. The summed E-state index contributed by atoms with van der Waals surface area (Å²) in [7, 11) is 0. The first-order valence-electron chi connectivity index (χ1n) is 6.70. The third-order valence-electron chi connectivity index (χ3n) is 2.36. The highest BCUT2D eigenvalue weighted by Crippen LogP contribution is 2.26. The fraction of sp³-hybridized carbons (Fsp3) is 0.571. The van der Waals surface area contributed by atoms with Gasteiger partial charge in [-0.1, -0.05) is 0 Å². The van der Waals surface area contributed by atoms with E-state index in [1.54, 1.807) is 6.07 Å². The number of nitrogens with one attached hydrogen (secondary N) is 1. The Morgan fingerprint density at radius 3 is 2.45 bits per heavy atom. The molecule has 0 unspecified atom stereocenters. The molecule has 0 saturated heterocycles. The SMILES string of the molecule is CC(C)OCCNc1cc(OC(C)C)cc([N+](=O)[O-])c1. The highest BCUT2D eigenvalue weighted by atomic mass is 16.6. The maximum absolute atomic E-state index is 10.9. The van der Waals surface area contributed by atoms with Crippen LogP contribution in [0.1, 0.15) is 27.7 Å². The van der Waals surface area contributed by atoms with Crippen molar-refractivity contribution in [1.29, 1.82) is 0 Å². The van der Waals surface area contributed by atoms with E-state index in [9.17, 15) is 10.1 Å². The highest BCUT2D eigenvalue weighted by Gasteiger charge is 2.11. The van der Waals surface area contributed by atoms with Crippen LogP contribution in [0.5, 0.6) is 5.75 Å². The monoisotopic (exact) mass is 282 g/mol. The smallest absolute Gasteiger partial charge is 0.275 e. The number of nitro benzene ring substituents is 1. The minimum Gasteiger partial charge on any atom is -0.491 e. The van der Waals surface area contributed by atoms with E-state index in [4.69, 9.17) is 9.47 Å². The van der Waals surface area contributed by atoms with Crippen LogP contribution in [0.25, 0.3) is 0 Å². The lowest BCUT2D eigenvalue weighted by Crippen LogP contribution is -2.13. The van der Waals surface area contributed by atoms with Crippen molar-refractivity contribution in [3.05, 3.63) is 28.3 Å². The average molecular weight is 282 g/mol. The van der Waals surface area contributed by atoms with Crippen LogP contribution in [0.4, 0.5) is 11.4 Å². The second kappa shape index (κ2) is 7.69. The quantitative estimate of drug-likeness (QED) is 0.450. The summed E-state index contributed by atoms with van der Waals surface area (Å²) in [6.07, 6.45) is 0.135. The molecule has 1 rings (SSSR count). The van der Waals surface area contributed by atoms with Crippen LogP contribution in [0.15, 0.2) is 18.2 Å². The molecule has 0 bridgehead atoms. The molecule has 1 N–H and O–H groups in total. The number of non-ortho nitro benzene ring substituents is 1. The van der Waals surface area contributed by atoms with Gasteiger partial charge in [0.15, 0.2) is 0 Å². The lowest BCUT2D eigenvalue weighted by atomic mass is 10.2. The number of anilines is 1. The van der Waals surface area contributed by atoms with Gasteiger partial charge < -0.3 is 14.8 Å². The Labute approximate surface area is 119 Å². The van der Waals surface area contributed by atoms with Crippen molar-refractivity contribution in [3.8, 4) is 5.75 Å². The normalized spacial score (nSPS) is 10.9. The van der Waals surface area contributed by atoms with Gasteiger partial charge in [0.05, 0.1) is 29.8 Å². The molecule has 20 heavy (non-hydrogen) atoms. The summed E-state index contributed by atoms with van der Waals surface area (Å²) in [5.41, 5.74) is 0.664. The number of nitro groups is 1. The van der Waals surface area contributed by atoms with E-state index >= 15 is 0 Å².